The molecule has 19 heavy (non-hydrogen) atoms. The summed E-state index contributed by atoms with van der Waals surface area (Å²) >= 11 is 0. The number of amides is 1. The van der Waals surface area contributed by atoms with E-state index in [1.807, 2.05) is 6.07 Å². The molecular formula is C15H21FN2O. The van der Waals surface area contributed by atoms with Crippen LogP contribution >= 0.6 is 0 Å². The summed E-state index contributed by atoms with van der Waals surface area (Å²) in [6.07, 6.45) is 0.340. The normalized spacial score (nSPS) is 23.5. The van der Waals surface area contributed by atoms with Crippen molar-refractivity contribution in [2.45, 2.75) is 39.3 Å². The minimum absolute atomic E-state index is 0.0622. The molecule has 2 unspecified atom stereocenters. The fraction of sp³-hybridized carbons (Fsp3) is 0.533. The Morgan fingerprint density at radius 2 is 2.16 bits per heavy atom. The first kappa shape index (κ1) is 14.0. The maximum absolute atomic E-state index is 13.7. The van der Waals surface area contributed by atoms with Crippen molar-refractivity contribution >= 4 is 5.91 Å². The summed E-state index contributed by atoms with van der Waals surface area (Å²) in [6, 6.07) is 4.66. The van der Waals surface area contributed by atoms with Crippen LogP contribution in [0.25, 0.3) is 0 Å². The van der Waals surface area contributed by atoms with Crippen molar-refractivity contribution in [1.82, 2.24) is 4.90 Å². The maximum Gasteiger partial charge on any atom is 0.224 e. The molecule has 1 heterocycles. The molecule has 1 aromatic rings. The molecule has 3 nitrogen and oxygen atoms in total. The second kappa shape index (κ2) is 5.29. The largest absolute Gasteiger partial charge is 0.334 e. The standard InChI is InChI=1S/C15H21FN2O/c1-9(2)8-18-14(19)7-13(17)15(18)11-5-4-10(3)12(16)6-11/h4-6,9,13,15H,7-8,17H2,1-3H3. The van der Waals surface area contributed by atoms with Crippen molar-refractivity contribution in [2.75, 3.05) is 6.54 Å². The third kappa shape index (κ3) is 2.78. The van der Waals surface area contributed by atoms with Crippen LogP contribution in [-0.2, 0) is 4.79 Å². The molecule has 4 heteroatoms. The van der Waals surface area contributed by atoms with Gasteiger partial charge < -0.3 is 10.6 Å². The Morgan fingerprint density at radius 3 is 2.74 bits per heavy atom. The van der Waals surface area contributed by atoms with E-state index in [2.05, 4.69) is 13.8 Å². The molecule has 2 atom stereocenters. The van der Waals surface area contributed by atoms with Crippen molar-refractivity contribution in [2.24, 2.45) is 11.7 Å². The molecule has 0 aliphatic carbocycles. The summed E-state index contributed by atoms with van der Waals surface area (Å²) in [5.41, 5.74) is 7.47. The van der Waals surface area contributed by atoms with Crippen LogP contribution in [0.4, 0.5) is 4.39 Å². The summed E-state index contributed by atoms with van der Waals surface area (Å²) in [4.78, 5) is 13.8. The zero-order chi connectivity index (χ0) is 14.2. The third-order valence-corrected chi connectivity index (χ3v) is 3.57. The first-order chi connectivity index (χ1) is 8.90. The molecule has 0 saturated carbocycles. The molecule has 1 amide bonds. The number of nitrogens with two attached hydrogens (primary N) is 1. The lowest BCUT2D eigenvalue weighted by Crippen LogP contribution is -2.35. The van der Waals surface area contributed by atoms with Crippen LogP contribution in [0.2, 0.25) is 0 Å². The summed E-state index contributed by atoms with van der Waals surface area (Å²) < 4.78 is 13.7. The lowest BCUT2D eigenvalue weighted by atomic mass is 9.99. The van der Waals surface area contributed by atoms with Gasteiger partial charge in [0.1, 0.15) is 5.82 Å². The Kier molecular flexibility index (Phi) is 3.90. The van der Waals surface area contributed by atoms with Crippen LogP contribution in [0.1, 0.15) is 37.4 Å². The first-order valence-corrected chi connectivity index (χ1v) is 6.71. The van der Waals surface area contributed by atoms with Gasteiger partial charge in [0.25, 0.3) is 0 Å². The zero-order valence-electron chi connectivity index (χ0n) is 11.7. The summed E-state index contributed by atoms with van der Waals surface area (Å²) in [5.74, 6) is 0.188. The van der Waals surface area contributed by atoms with Gasteiger partial charge in [-0.25, -0.2) is 4.39 Å². The van der Waals surface area contributed by atoms with Crippen LogP contribution in [0.5, 0.6) is 0 Å². The number of rotatable bonds is 3. The van der Waals surface area contributed by atoms with Gasteiger partial charge in [0.05, 0.1) is 6.04 Å². The van der Waals surface area contributed by atoms with Crippen molar-refractivity contribution in [3.63, 3.8) is 0 Å². The number of nitrogens with zero attached hydrogens (tertiary/aromatic N) is 1. The van der Waals surface area contributed by atoms with Gasteiger partial charge >= 0.3 is 0 Å². The Hall–Kier alpha value is -1.42. The summed E-state index contributed by atoms with van der Waals surface area (Å²) in [7, 11) is 0. The van der Waals surface area contributed by atoms with Gasteiger partial charge in [-0.3, -0.25) is 4.79 Å². The number of benzene rings is 1. The van der Waals surface area contributed by atoms with Crippen LogP contribution in [-0.4, -0.2) is 23.4 Å². The van der Waals surface area contributed by atoms with Gasteiger partial charge in [-0.15, -0.1) is 0 Å². The number of halogens is 1. The Labute approximate surface area is 113 Å². The highest BCUT2D eigenvalue weighted by molar-refractivity contribution is 5.80. The van der Waals surface area contributed by atoms with E-state index in [4.69, 9.17) is 5.73 Å². The van der Waals surface area contributed by atoms with Gasteiger partial charge in [0.15, 0.2) is 0 Å². The Bertz CT molecular complexity index is 487. The number of likely N-dealkylation sites (tertiary alicyclic amines) is 1. The monoisotopic (exact) mass is 264 g/mol. The molecule has 2 N–H and O–H groups in total. The van der Waals surface area contributed by atoms with Crippen molar-refractivity contribution in [3.8, 4) is 0 Å². The predicted molar refractivity (Wildman–Crippen MR) is 73.0 cm³/mol. The first-order valence-electron chi connectivity index (χ1n) is 6.71. The van der Waals surface area contributed by atoms with E-state index < -0.39 is 0 Å². The second-order valence-electron chi connectivity index (χ2n) is 5.76. The van der Waals surface area contributed by atoms with Gasteiger partial charge in [0, 0.05) is 19.0 Å². The molecule has 1 saturated heterocycles. The van der Waals surface area contributed by atoms with Crippen LogP contribution in [0.3, 0.4) is 0 Å². The predicted octanol–water partition coefficient (Wildman–Crippen LogP) is 2.39. The fourth-order valence-electron chi connectivity index (χ4n) is 2.65. The molecule has 1 aromatic carbocycles. The average molecular weight is 264 g/mol. The number of carbonyl (C=O) groups is 1. The SMILES string of the molecule is Cc1ccc(C2C(N)CC(=O)N2CC(C)C)cc1F. The van der Waals surface area contributed by atoms with E-state index in [1.165, 1.54) is 6.07 Å². The van der Waals surface area contributed by atoms with Crippen molar-refractivity contribution < 1.29 is 9.18 Å². The van der Waals surface area contributed by atoms with Gasteiger partial charge in [0.2, 0.25) is 5.91 Å². The van der Waals surface area contributed by atoms with Gasteiger partial charge in [-0.2, -0.15) is 0 Å². The van der Waals surface area contributed by atoms with E-state index in [9.17, 15) is 9.18 Å². The number of aryl methyl sites for hydroxylation is 1. The summed E-state index contributed by atoms with van der Waals surface area (Å²) in [6.45, 7) is 6.51. The average Bonchev–Trinajstić information content (AvgIpc) is 2.57. The quantitative estimate of drug-likeness (QED) is 0.911. The minimum atomic E-state index is -0.256. The van der Waals surface area contributed by atoms with E-state index in [0.29, 0.717) is 24.4 Å². The molecule has 2 rings (SSSR count). The van der Waals surface area contributed by atoms with Crippen molar-refractivity contribution in [1.29, 1.82) is 0 Å². The molecule has 1 aliphatic heterocycles. The zero-order valence-corrected chi connectivity index (χ0v) is 11.7. The minimum Gasteiger partial charge on any atom is -0.334 e. The van der Waals surface area contributed by atoms with Crippen LogP contribution < -0.4 is 5.73 Å². The molecular weight excluding hydrogens is 243 g/mol. The Balaban J connectivity index is 2.33. The van der Waals surface area contributed by atoms with Crippen molar-refractivity contribution in [3.05, 3.63) is 35.1 Å². The highest BCUT2D eigenvalue weighted by Gasteiger charge is 2.38. The molecule has 1 fully saturated rings. The molecule has 0 spiro atoms. The highest BCUT2D eigenvalue weighted by Crippen LogP contribution is 2.33. The number of hydrogen-bond donors (Lipinski definition) is 1. The third-order valence-electron chi connectivity index (χ3n) is 3.57. The van der Waals surface area contributed by atoms with E-state index >= 15 is 0 Å². The van der Waals surface area contributed by atoms with E-state index in [0.717, 1.165) is 5.56 Å². The molecule has 104 valence electrons. The number of carbonyl (C=O) groups excluding carboxylic acids is 1. The maximum atomic E-state index is 13.7. The molecule has 0 aromatic heterocycles. The molecule has 0 bridgehead atoms. The lowest BCUT2D eigenvalue weighted by molar-refractivity contribution is -0.129. The Morgan fingerprint density at radius 1 is 1.47 bits per heavy atom. The van der Waals surface area contributed by atoms with E-state index in [1.54, 1.807) is 17.9 Å². The molecule has 0 radical (unpaired) electrons. The lowest BCUT2D eigenvalue weighted by Gasteiger charge is -2.29. The molecule has 1 aliphatic rings. The smallest absolute Gasteiger partial charge is 0.224 e. The summed E-state index contributed by atoms with van der Waals surface area (Å²) in [5, 5.41) is 0. The van der Waals surface area contributed by atoms with Gasteiger partial charge in [-0.05, 0) is 30.0 Å². The highest BCUT2D eigenvalue weighted by atomic mass is 19.1. The van der Waals surface area contributed by atoms with Crippen LogP contribution in [0.15, 0.2) is 18.2 Å². The fourth-order valence-corrected chi connectivity index (χ4v) is 2.65. The second-order valence-corrected chi connectivity index (χ2v) is 5.76. The topological polar surface area (TPSA) is 46.3 Å². The van der Waals surface area contributed by atoms with Gasteiger partial charge in [-0.1, -0.05) is 26.0 Å². The number of hydrogen-bond acceptors (Lipinski definition) is 2. The van der Waals surface area contributed by atoms with E-state index in [-0.39, 0.29) is 23.8 Å². The van der Waals surface area contributed by atoms with Crippen LogP contribution in [0, 0.1) is 18.7 Å².